The van der Waals surface area contributed by atoms with Crippen LogP contribution in [-0.4, -0.2) is 37.6 Å². The summed E-state index contributed by atoms with van der Waals surface area (Å²) >= 11 is 0. The van der Waals surface area contributed by atoms with Crippen molar-refractivity contribution >= 4 is 0 Å². The highest BCUT2D eigenvalue weighted by atomic mass is 15.1. The Kier molecular flexibility index (Phi) is 4.81. The molecule has 1 aliphatic rings. The average Bonchev–Trinajstić information content (AvgIpc) is 2.46. The molecule has 0 aromatic carbocycles. The number of nitrogens with zero attached hydrogens (tertiary/aromatic N) is 1. The third-order valence-electron chi connectivity index (χ3n) is 3.11. The molecule has 0 saturated carbocycles. The number of hydrogen-bond acceptors (Lipinski definition) is 2. The van der Waals surface area contributed by atoms with Gasteiger partial charge in [0, 0.05) is 25.7 Å². The van der Waals surface area contributed by atoms with Crippen LogP contribution < -0.4 is 5.32 Å². The highest BCUT2D eigenvalue weighted by Crippen LogP contribution is 2.27. The maximum absolute atomic E-state index is 3.61. The normalized spacial score (nSPS) is 25.5. The van der Waals surface area contributed by atoms with E-state index in [0.29, 0.717) is 11.5 Å². The molecule has 15 heavy (non-hydrogen) atoms. The van der Waals surface area contributed by atoms with Gasteiger partial charge >= 0.3 is 0 Å². The van der Waals surface area contributed by atoms with Gasteiger partial charge in [-0.3, -0.25) is 0 Å². The first-order valence-corrected chi connectivity index (χ1v) is 6.06. The molecule has 1 aliphatic heterocycles. The standard InChI is InChI=1S/C13H26N2/c1-5-6-7-8-15(4)10-12-9-13(2,3)11-14-12/h5-6,12,14H,7-11H2,1-4H3/b6-5+. The molecule has 0 amide bonds. The van der Waals surface area contributed by atoms with E-state index in [9.17, 15) is 0 Å². The molecule has 1 atom stereocenters. The van der Waals surface area contributed by atoms with Crippen molar-refractivity contribution in [2.75, 3.05) is 26.7 Å². The van der Waals surface area contributed by atoms with Crippen LogP contribution in [-0.2, 0) is 0 Å². The highest BCUT2D eigenvalue weighted by Gasteiger charge is 2.30. The van der Waals surface area contributed by atoms with Crippen LogP contribution >= 0.6 is 0 Å². The molecular weight excluding hydrogens is 184 g/mol. The average molecular weight is 210 g/mol. The Labute approximate surface area is 94.7 Å². The molecule has 2 heteroatoms. The maximum atomic E-state index is 3.61. The van der Waals surface area contributed by atoms with E-state index in [1.807, 2.05) is 0 Å². The van der Waals surface area contributed by atoms with Gasteiger partial charge in [-0.1, -0.05) is 26.0 Å². The van der Waals surface area contributed by atoms with Gasteiger partial charge < -0.3 is 10.2 Å². The van der Waals surface area contributed by atoms with Gasteiger partial charge in [0.25, 0.3) is 0 Å². The molecule has 1 fully saturated rings. The monoisotopic (exact) mass is 210 g/mol. The quantitative estimate of drug-likeness (QED) is 0.700. The van der Waals surface area contributed by atoms with E-state index >= 15 is 0 Å². The van der Waals surface area contributed by atoms with Gasteiger partial charge in [-0.15, -0.1) is 0 Å². The van der Waals surface area contributed by atoms with Crippen LogP contribution in [0.25, 0.3) is 0 Å². The van der Waals surface area contributed by atoms with Gasteiger partial charge in [-0.2, -0.15) is 0 Å². The first kappa shape index (κ1) is 12.7. The largest absolute Gasteiger partial charge is 0.312 e. The zero-order valence-electron chi connectivity index (χ0n) is 10.7. The SMILES string of the molecule is C/C=C/CCN(C)CC1CC(C)(C)CN1. The molecule has 1 saturated heterocycles. The molecule has 1 heterocycles. The Hall–Kier alpha value is -0.340. The molecule has 0 spiro atoms. The molecule has 0 radical (unpaired) electrons. The fourth-order valence-corrected chi connectivity index (χ4v) is 2.29. The molecule has 1 rings (SSSR count). The molecule has 2 nitrogen and oxygen atoms in total. The minimum Gasteiger partial charge on any atom is -0.312 e. The second-order valence-corrected chi connectivity index (χ2v) is 5.57. The number of hydrogen-bond donors (Lipinski definition) is 1. The van der Waals surface area contributed by atoms with Gasteiger partial charge in [0.05, 0.1) is 0 Å². The summed E-state index contributed by atoms with van der Waals surface area (Å²) in [4.78, 5) is 2.43. The van der Waals surface area contributed by atoms with Gasteiger partial charge in [-0.25, -0.2) is 0 Å². The van der Waals surface area contributed by atoms with Crippen molar-refractivity contribution in [2.45, 2.75) is 39.7 Å². The van der Waals surface area contributed by atoms with Crippen molar-refractivity contribution in [3.05, 3.63) is 12.2 Å². The van der Waals surface area contributed by atoms with Gasteiger partial charge in [0.2, 0.25) is 0 Å². The fraction of sp³-hybridized carbons (Fsp3) is 0.846. The predicted octanol–water partition coefficient (Wildman–Crippen LogP) is 2.27. The highest BCUT2D eigenvalue weighted by molar-refractivity contribution is 4.89. The van der Waals surface area contributed by atoms with Crippen LogP contribution in [0.5, 0.6) is 0 Å². The zero-order chi connectivity index (χ0) is 11.3. The van der Waals surface area contributed by atoms with Crippen molar-refractivity contribution in [3.8, 4) is 0 Å². The molecule has 1 N–H and O–H groups in total. The van der Waals surface area contributed by atoms with Crippen molar-refractivity contribution in [3.63, 3.8) is 0 Å². The van der Waals surface area contributed by atoms with E-state index in [4.69, 9.17) is 0 Å². The van der Waals surface area contributed by atoms with E-state index in [1.165, 1.54) is 32.5 Å². The summed E-state index contributed by atoms with van der Waals surface area (Å²) in [5.41, 5.74) is 0.495. The predicted molar refractivity (Wildman–Crippen MR) is 67.1 cm³/mol. The third kappa shape index (κ3) is 4.80. The number of likely N-dealkylation sites (N-methyl/N-ethyl adjacent to an activating group) is 1. The van der Waals surface area contributed by atoms with Crippen LogP contribution in [0.15, 0.2) is 12.2 Å². The van der Waals surface area contributed by atoms with Gasteiger partial charge in [0.1, 0.15) is 0 Å². The van der Waals surface area contributed by atoms with Crippen LogP contribution in [0, 0.1) is 5.41 Å². The van der Waals surface area contributed by atoms with Crippen LogP contribution in [0.3, 0.4) is 0 Å². The summed E-state index contributed by atoms with van der Waals surface area (Å²) in [7, 11) is 2.22. The second-order valence-electron chi connectivity index (χ2n) is 5.57. The van der Waals surface area contributed by atoms with Crippen molar-refractivity contribution in [2.24, 2.45) is 5.41 Å². The summed E-state index contributed by atoms with van der Waals surface area (Å²) in [5.74, 6) is 0. The van der Waals surface area contributed by atoms with Crippen molar-refractivity contribution < 1.29 is 0 Å². The van der Waals surface area contributed by atoms with Gasteiger partial charge in [0.15, 0.2) is 0 Å². The van der Waals surface area contributed by atoms with Crippen molar-refractivity contribution in [1.82, 2.24) is 10.2 Å². The summed E-state index contributed by atoms with van der Waals surface area (Å²) in [6, 6.07) is 0.690. The fourth-order valence-electron chi connectivity index (χ4n) is 2.29. The zero-order valence-corrected chi connectivity index (χ0v) is 10.7. The Bertz CT molecular complexity index is 209. The summed E-state index contributed by atoms with van der Waals surface area (Å²) in [5, 5.41) is 3.61. The minimum atomic E-state index is 0.495. The lowest BCUT2D eigenvalue weighted by molar-refractivity contribution is 0.295. The lowest BCUT2D eigenvalue weighted by atomic mass is 9.90. The molecule has 0 aromatic rings. The summed E-state index contributed by atoms with van der Waals surface area (Å²) < 4.78 is 0. The lowest BCUT2D eigenvalue weighted by Crippen LogP contribution is -2.35. The molecule has 0 aliphatic carbocycles. The van der Waals surface area contributed by atoms with E-state index in [1.54, 1.807) is 0 Å². The summed E-state index contributed by atoms with van der Waals surface area (Å²) in [6.45, 7) is 10.3. The Balaban J connectivity index is 2.18. The van der Waals surface area contributed by atoms with E-state index in [2.05, 4.69) is 50.2 Å². The molecule has 0 aromatic heterocycles. The molecule has 88 valence electrons. The van der Waals surface area contributed by atoms with Crippen LogP contribution in [0.1, 0.15) is 33.6 Å². The van der Waals surface area contributed by atoms with Crippen LogP contribution in [0.2, 0.25) is 0 Å². The smallest absolute Gasteiger partial charge is 0.0200 e. The third-order valence-corrected chi connectivity index (χ3v) is 3.11. The molecule has 1 unspecified atom stereocenters. The van der Waals surface area contributed by atoms with Gasteiger partial charge in [-0.05, 0) is 32.2 Å². The molecular formula is C13H26N2. The summed E-state index contributed by atoms with van der Waals surface area (Å²) in [6.07, 6.45) is 6.84. The maximum Gasteiger partial charge on any atom is 0.0200 e. The first-order chi connectivity index (χ1) is 7.03. The second kappa shape index (κ2) is 5.66. The number of rotatable bonds is 5. The first-order valence-electron chi connectivity index (χ1n) is 6.06. The minimum absolute atomic E-state index is 0.495. The van der Waals surface area contributed by atoms with Crippen molar-refractivity contribution in [1.29, 1.82) is 0 Å². The van der Waals surface area contributed by atoms with E-state index in [-0.39, 0.29) is 0 Å². The van der Waals surface area contributed by atoms with E-state index < -0.39 is 0 Å². The van der Waals surface area contributed by atoms with Crippen LogP contribution in [0.4, 0.5) is 0 Å². The number of allylic oxidation sites excluding steroid dienone is 1. The van der Waals surface area contributed by atoms with E-state index in [0.717, 1.165) is 0 Å². The molecule has 0 bridgehead atoms. The Morgan fingerprint density at radius 3 is 2.73 bits per heavy atom. The topological polar surface area (TPSA) is 15.3 Å². The Morgan fingerprint density at radius 2 is 2.20 bits per heavy atom. The Morgan fingerprint density at radius 1 is 1.47 bits per heavy atom. The number of nitrogens with one attached hydrogen (secondary N) is 1. The lowest BCUT2D eigenvalue weighted by Gasteiger charge is -2.21.